The van der Waals surface area contributed by atoms with Crippen LogP contribution >= 0.6 is 11.3 Å². The molecule has 0 bridgehead atoms. The molecule has 0 radical (unpaired) electrons. The molecule has 3 aromatic rings. The van der Waals surface area contributed by atoms with E-state index in [0.29, 0.717) is 44.0 Å². The minimum atomic E-state index is -3.91. The predicted octanol–water partition coefficient (Wildman–Crippen LogP) is 5.80. The number of fused-ring (bicyclic) bond motifs is 3. The zero-order chi connectivity index (χ0) is 44.8. The molecule has 342 valence electrons. The standard InChI is InChI=1S/C45H62N8O8S2/c1-27(2)53-35-16-12-14-32(39-46-34(26-62-39)28-19-21-51(6)22-20-28)37(35)48-42(53)60-30-23-36-38(54)49-45(41(56)50-63(58,59)31-17-18-31)24-29(45)13-10-8-7-9-11-15-33(40(55)52(36)25-30)47-43(57)61-44(3,4)5/h10,12-14,16,26-31,33,36H,7-9,11,15,17-25H2,1-6H3,(H,47,57)(H,49,54)(H,50,56)/b13-10-/t29-,30-,33+,36+,45-/m1/s1. The number of nitrogens with zero attached hydrogens (tertiary/aromatic N) is 5. The average Bonchev–Trinajstić information content (AvgIpc) is 4.03. The molecule has 0 spiro atoms. The molecular weight excluding hydrogens is 845 g/mol. The second-order valence-electron chi connectivity index (χ2n) is 19.4. The summed E-state index contributed by atoms with van der Waals surface area (Å²) < 4.78 is 42.5. The van der Waals surface area contributed by atoms with E-state index in [1.54, 1.807) is 32.1 Å². The highest BCUT2D eigenvalue weighted by Gasteiger charge is 2.62. The summed E-state index contributed by atoms with van der Waals surface area (Å²) in [5.41, 5.74) is 1.27. The number of rotatable bonds is 9. The first-order valence-corrected chi connectivity index (χ1v) is 25.0. The van der Waals surface area contributed by atoms with Gasteiger partial charge in [-0.1, -0.05) is 31.1 Å². The maximum Gasteiger partial charge on any atom is 0.408 e. The lowest BCUT2D eigenvalue weighted by Gasteiger charge is -2.30. The molecule has 0 unspecified atom stereocenters. The van der Waals surface area contributed by atoms with Gasteiger partial charge in [-0.15, -0.1) is 11.3 Å². The zero-order valence-corrected chi connectivity index (χ0v) is 38.9. The number of hydrogen-bond acceptors (Lipinski definition) is 12. The molecule has 4 amide bonds. The van der Waals surface area contributed by atoms with Crippen LogP contribution in [0.5, 0.6) is 6.01 Å². The van der Waals surface area contributed by atoms with E-state index in [2.05, 4.69) is 32.7 Å². The van der Waals surface area contributed by atoms with Crippen molar-refractivity contribution < 1.29 is 37.1 Å². The Hall–Kier alpha value is -4.55. The minimum Gasteiger partial charge on any atom is -0.459 e. The largest absolute Gasteiger partial charge is 0.459 e. The van der Waals surface area contributed by atoms with E-state index in [0.717, 1.165) is 66.1 Å². The third-order valence-corrected chi connectivity index (χ3v) is 15.6. The normalized spacial score (nSPS) is 27.2. The Bertz CT molecular complexity index is 2360. The predicted molar refractivity (Wildman–Crippen MR) is 240 cm³/mol. The number of amides is 4. The number of alkyl carbamates (subject to hydrolysis) is 1. The zero-order valence-electron chi connectivity index (χ0n) is 37.2. The van der Waals surface area contributed by atoms with E-state index < -0.39 is 74.3 Å². The lowest BCUT2D eigenvalue weighted by Crippen LogP contribution is -2.58. The molecule has 2 aliphatic carbocycles. The number of benzene rings is 1. The van der Waals surface area contributed by atoms with Crippen molar-refractivity contribution in [3.8, 4) is 16.6 Å². The van der Waals surface area contributed by atoms with Crippen molar-refractivity contribution in [1.82, 2.24) is 39.7 Å². The van der Waals surface area contributed by atoms with Crippen LogP contribution in [0.25, 0.3) is 21.6 Å². The Morgan fingerprint density at radius 1 is 1.03 bits per heavy atom. The van der Waals surface area contributed by atoms with Crippen molar-refractivity contribution in [3.05, 3.63) is 41.4 Å². The number of nitrogens with one attached hydrogen (secondary N) is 3. The monoisotopic (exact) mass is 906 g/mol. The van der Waals surface area contributed by atoms with Crippen LogP contribution in [0.2, 0.25) is 0 Å². The van der Waals surface area contributed by atoms with E-state index in [4.69, 9.17) is 19.4 Å². The van der Waals surface area contributed by atoms with Crippen LogP contribution in [0.3, 0.4) is 0 Å². The number of allylic oxidation sites excluding steroid dienone is 1. The Balaban J connectivity index is 1.10. The van der Waals surface area contributed by atoms with Gasteiger partial charge in [0.25, 0.3) is 11.9 Å². The van der Waals surface area contributed by atoms with E-state index >= 15 is 0 Å². The van der Waals surface area contributed by atoms with Crippen molar-refractivity contribution in [2.75, 3.05) is 26.7 Å². The Morgan fingerprint density at radius 2 is 1.79 bits per heavy atom. The van der Waals surface area contributed by atoms with Crippen LogP contribution in [0.1, 0.15) is 123 Å². The molecule has 2 saturated heterocycles. The van der Waals surface area contributed by atoms with Gasteiger partial charge in [0, 0.05) is 35.2 Å². The van der Waals surface area contributed by atoms with Gasteiger partial charge >= 0.3 is 6.09 Å². The van der Waals surface area contributed by atoms with Gasteiger partial charge in [0.2, 0.25) is 21.8 Å². The molecular formula is C45H62N8O8S2. The number of carbonyl (C=O) groups is 4. The average molecular weight is 907 g/mol. The van der Waals surface area contributed by atoms with Crippen LogP contribution in [0.15, 0.2) is 35.7 Å². The number of sulfonamides is 1. The van der Waals surface area contributed by atoms with E-state index in [1.807, 2.05) is 48.8 Å². The number of thiazole rings is 1. The number of ether oxygens (including phenoxy) is 2. The quantitative estimate of drug-likeness (QED) is 0.220. The van der Waals surface area contributed by atoms with Crippen LogP contribution in [-0.4, -0.2) is 118 Å². The van der Waals surface area contributed by atoms with Gasteiger partial charge in [0.1, 0.15) is 39.9 Å². The van der Waals surface area contributed by atoms with E-state index in [1.165, 1.54) is 4.90 Å². The van der Waals surface area contributed by atoms with E-state index in [-0.39, 0.29) is 25.4 Å². The Kier molecular flexibility index (Phi) is 12.7. The summed E-state index contributed by atoms with van der Waals surface area (Å²) >= 11 is 1.61. The molecule has 2 aromatic heterocycles. The molecule has 3 aliphatic heterocycles. The third kappa shape index (κ3) is 9.92. The van der Waals surface area contributed by atoms with Crippen molar-refractivity contribution in [1.29, 1.82) is 0 Å². The summed E-state index contributed by atoms with van der Waals surface area (Å²) in [6, 6.07) is 4.15. The summed E-state index contributed by atoms with van der Waals surface area (Å²) in [6.45, 7) is 11.4. The maximum absolute atomic E-state index is 14.8. The highest BCUT2D eigenvalue weighted by atomic mass is 32.2. The fourth-order valence-corrected chi connectivity index (χ4v) is 11.5. The first-order valence-electron chi connectivity index (χ1n) is 22.6. The second kappa shape index (κ2) is 17.8. The van der Waals surface area contributed by atoms with Crippen molar-refractivity contribution in [3.63, 3.8) is 0 Å². The molecule has 63 heavy (non-hydrogen) atoms. The van der Waals surface area contributed by atoms with E-state index in [9.17, 15) is 27.6 Å². The van der Waals surface area contributed by atoms with Crippen molar-refractivity contribution in [2.45, 2.75) is 152 Å². The number of hydrogen-bond donors (Lipinski definition) is 3. The molecule has 1 aromatic carbocycles. The molecule has 18 heteroatoms. The Labute approximate surface area is 374 Å². The molecule has 4 fully saturated rings. The maximum atomic E-state index is 14.8. The van der Waals surface area contributed by atoms with Crippen molar-refractivity contribution in [2.24, 2.45) is 5.92 Å². The van der Waals surface area contributed by atoms with Gasteiger partial charge in [0.05, 0.1) is 23.0 Å². The van der Waals surface area contributed by atoms with Gasteiger partial charge in [-0.25, -0.2) is 18.2 Å². The molecule has 5 heterocycles. The molecule has 8 rings (SSSR count). The highest BCUT2D eigenvalue weighted by molar-refractivity contribution is 7.91. The number of imidazole rings is 1. The second-order valence-corrected chi connectivity index (χ2v) is 22.2. The topological polar surface area (TPSA) is 194 Å². The lowest BCUT2D eigenvalue weighted by atomic mass is 9.94. The van der Waals surface area contributed by atoms with Gasteiger partial charge < -0.3 is 29.9 Å². The molecule has 5 aliphatic rings. The van der Waals surface area contributed by atoms with Gasteiger partial charge in [-0.05, 0) is 118 Å². The number of piperidine rings is 1. The minimum absolute atomic E-state index is 0.0113. The van der Waals surface area contributed by atoms with Crippen LogP contribution < -0.4 is 20.1 Å². The van der Waals surface area contributed by atoms with Crippen LogP contribution in [0, 0.1) is 5.92 Å². The summed E-state index contributed by atoms with van der Waals surface area (Å²) in [6.07, 6.45) is 8.91. The van der Waals surface area contributed by atoms with Gasteiger partial charge in [-0.2, -0.15) is 4.98 Å². The highest BCUT2D eigenvalue weighted by Crippen LogP contribution is 2.46. The fraction of sp³-hybridized carbons (Fsp3) is 0.644. The number of carbonyl (C=O) groups excluding carboxylic acids is 4. The summed E-state index contributed by atoms with van der Waals surface area (Å²) in [7, 11) is -1.76. The number of para-hydroxylation sites is 1. The molecule has 3 N–H and O–H groups in total. The molecule has 2 saturated carbocycles. The van der Waals surface area contributed by atoms with Gasteiger partial charge in [0.15, 0.2) is 0 Å². The summed E-state index contributed by atoms with van der Waals surface area (Å²) in [5.74, 6) is -1.90. The molecule has 16 nitrogen and oxygen atoms in total. The SMILES string of the molecule is CC(C)n1c(O[C@@H]2C[C@H]3C(=O)N[C@]4(C(=O)NS(=O)(=O)C5CC5)C[C@H]4/C=C\CCCCC[C@H](NC(=O)OC(C)(C)C)C(=O)N3C2)nc2c(-c3nc(C4CCN(C)CC4)cs3)cccc21. The number of aromatic nitrogens is 3. The fourth-order valence-electron chi connectivity index (χ4n) is 9.20. The molecule has 5 atom stereocenters. The van der Waals surface area contributed by atoms with Crippen LogP contribution in [-0.2, 0) is 29.1 Å². The lowest BCUT2D eigenvalue weighted by molar-refractivity contribution is -0.141. The first-order chi connectivity index (χ1) is 29.9. The first kappa shape index (κ1) is 45.0. The number of likely N-dealkylation sites (tertiary alicyclic amines) is 1. The van der Waals surface area contributed by atoms with Gasteiger partial charge in [-0.3, -0.25) is 23.7 Å². The van der Waals surface area contributed by atoms with Crippen LogP contribution in [0.4, 0.5) is 4.79 Å². The summed E-state index contributed by atoms with van der Waals surface area (Å²) in [5, 5.41) is 8.12. The Morgan fingerprint density at radius 3 is 2.51 bits per heavy atom. The summed E-state index contributed by atoms with van der Waals surface area (Å²) in [4.78, 5) is 70.4. The smallest absolute Gasteiger partial charge is 0.408 e. The van der Waals surface area contributed by atoms with Crippen molar-refractivity contribution >= 4 is 56.2 Å². The third-order valence-electron chi connectivity index (χ3n) is 12.9.